The maximum Gasteiger partial charge on any atom is 0.0701 e. The van der Waals surface area contributed by atoms with Crippen LogP contribution in [0.5, 0.6) is 0 Å². The summed E-state index contributed by atoms with van der Waals surface area (Å²) in [6, 6.07) is 102. The van der Waals surface area contributed by atoms with Crippen LogP contribution in [0.25, 0.3) is 152 Å². The summed E-state index contributed by atoms with van der Waals surface area (Å²) >= 11 is 7.04. The Kier molecular flexibility index (Phi) is 11.3. The molecule has 16 aromatic carbocycles. The lowest BCUT2D eigenvalue weighted by atomic mass is 9.82. The first-order valence-corrected chi connectivity index (χ1v) is 27.4. The molecule has 0 atom stereocenters. The topological polar surface area (TPSA) is 12.9 Å². The van der Waals surface area contributed by atoms with E-state index in [-0.39, 0.29) is 0 Å². The van der Waals surface area contributed by atoms with Crippen molar-refractivity contribution in [3.05, 3.63) is 296 Å². The van der Waals surface area contributed by atoms with E-state index < -0.39 is 0 Å². The molecular formula is C77H48ClN. The summed E-state index contributed by atoms with van der Waals surface area (Å²) in [6.45, 7) is 0. The molecule has 79 heavy (non-hydrogen) atoms. The molecule has 0 N–H and O–H groups in total. The molecule has 0 amide bonds. The lowest BCUT2D eigenvalue weighted by Crippen LogP contribution is -1.93. The van der Waals surface area contributed by atoms with Gasteiger partial charge in [0.05, 0.1) is 5.52 Å². The molecule has 368 valence electrons. The van der Waals surface area contributed by atoms with Gasteiger partial charge in [-0.15, -0.1) is 0 Å². The summed E-state index contributed by atoms with van der Waals surface area (Å²) < 4.78 is 0. The van der Waals surface area contributed by atoms with Crippen LogP contribution in [-0.2, 0) is 0 Å². The Hall–Kier alpha value is -9.92. The average Bonchev–Trinajstić information content (AvgIpc) is 3.71. The SMILES string of the molecule is Clc1cccc2c(-c3cccc4ccccc34)c3ccccc3c(-c3cccc4ccccc34)c12.c1ccc2c(-c3c4ccccc4c4c5cccc6cccc(c7cccc3c74)c65)cccc2c1.c1ccc2ncccc2c1. The van der Waals surface area contributed by atoms with E-state index in [1.807, 2.05) is 36.5 Å². The van der Waals surface area contributed by atoms with Gasteiger partial charge in [0, 0.05) is 22.0 Å². The molecule has 0 spiro atoms. The van der Waals surface area contributed by atoms with Gasteiger partial charge in [-0.1, -0.05) is 279 Å². The van der Waals surface area contributed by atoms with Crippen LogP contribution in [-0.4, -0.2) is 4.98 Å². The van der Waals surface area contributed by atoms with Crippen molar-refractivity contribution < 1.29 is 0 Å². The monoisotopic (exact) mass is 1020 g/mol. The summed E-state index contributed by atoms with van der Waals surface area (Å²) in [4.78, 5) is 4.18. The predicted molar refractivity (Wildman–Crippen MR) is 342 cm³/mol. The number of rotatable bonds is 3. The molecule has 17 rings (SSSR count). The van der Waals surface area contributed by atoms with Gasteiger partial charge in [-0.3, -0.25) is 4.98 Å². The second-order valence-corrected chi connectivity index (χ2v) is 20.9. The van der Waals surface area contributed by atoms with E-state index in [9.17, 15) is 0 Å². The van der Waals surface area contributed by atoms with Crippen molar-refractivity contribution in [3.63, 3.8) is 0 Å². The second-order valence-electron chi connectivity index (χ2n) is 20.5. The number of hydrogen-bond donors (Lipinski definition) is 0. The first-order valence-electron chi connectivity index (χ1n) is 27.0. The fourth-order valence-electron chi connectivity index (χ4n) is 12.9. The van der Waals surface area contributed by atoms with Gasteiger partial charge in [0.1, 0.15) is 0 Å². The zero-order valence-electron chi connectivity index (χ0n) is 43.0. The number of fused-ring (bicyclic) bond motifs is 10. The standard InChI is InChI=1S/C34H21Cl.C34H20.C9H7N/c35-31-21-9-20-30-32(26-18-7-12-22-10-1-3-14-24(22)26)28-16-5-6-17-29(28)33(34(30)31)27-19-8-13-23-11-2-4-15-25(23)27;1-2-13-23-21(9-1)10-5-16-24(23)32-26-14-3-4-15-27(26)33-29-19-7-12-22-11-6-17-25(31(22)29)28-18-8-20-30(32)34(28)33;1-2-6-9-8(4-1)5-3-7-10-9/h1-21H;1-20H;1-7H. The van der Waals surface area contributed by atoms with E-state index in [2.05, 4.69) is 260 Å². The molecule has 0 aliphatic heterocycles. The molecule has 0 aliphatic carbocycles. The van der Waals surface area contributed by atoms with E-state index >= 15 is 0 Å². The zero-order valence-corrected chi connectivity index (χ0v) is 43.8. The van der Waals surface area contributed by atoms with Crippen LogP contribution in [0.1, 0.15) is 0 Å². The number of para-hydroxylation sites is 1. The highest BCUT2D eigenvalue weighted by molar-refractivity contribution is 6.42. The fourth-order valence-corrected chi connectivity index (χ4v) is 13.2. The largest absolute Gasteiger partial charge is 0.256 e. The third kappa shape index (κ3) is 7.65. The van der Waals surface area contributed by atoms with E-state index in [1.165, 1.54) is 141 Å². The Morgan fingerprint density at radius 1 is 0.203 bits per heavy atom. The fraction of sp³-hybridized carbons (Fsp3) is 0. The maximum absolute atomic E-state index is 7.04. The van der Waals surface area contributed by atoms with Crippen molar-refractivity contribution in [2.75, 3.05) is 0 Å². The molecule has 2 heteroatoms. The smallest absolute Gasteiger partial charge is 0.0701 e. The lowest BCUT2D eigenvalue weighted by Gasteiger charge is -2.20. The highest BCUT2D eigenvalue weighted by Gasteiger charge is 2.22. The molecule has 17 aromatic rings. The van der Waals surface area contributed by atoms with E-state index in [0.717, 1.165) is 15.9 Å². The summed E-state index contributed by atoms with van der Waals surface area (Å²) in [5.41, 5.74) is 8.57. The van der Waals surface area contributed by atoms with Crippen LogP contribution in [0.4, 0.5) is 0 Å². The van der Waals surface area contributed by atoms with Crippen LogP contribution in [0.15, 0.2) is 291 Å². The Balaban J connectivity index is 0.000000116. The van der Waals surface area contributed by atoms with Crippen LogP contribution in [0, 0.1) is 0 Å². The third-order valence-corrected chi connectivity index (χ3v) is 16.5. The minimum atomic E-state index is 0.776. The second kappa shape index (κ2) is 19.3. The summed E-state index contributed by atoms with van der Waals surface area (Å²) in [6.07, 6.45) is 1.81. The van der Waals surface area contributed by atoms with Gasteiger partial charge in [0.25, 0.3) is 0 Å². The molecule has 1 nitrogen and oxygen atoms in total. The summed E-state index contributed by atoms with van der Waals surface area (Å²) in [7, 11) is 0. The molecule has 0 unspecified atom stereocenters. The van der Waals surface area contributed by atoms with Gasteiger partial charge in [-0.05, 0) is 154 Å². The highest BCUT2D eigenvalue weighted by Crippen LogP contribution is 2.50. The van der Waals surface area contributed by atoms with Crippen LogP contribution in [0.2, 0.25) is 5.02 Å². The molecule has 0 saturated heterocycles. The van der Waals surface area contributed by atoms with Gasteiger partial charge >= 0.3 is 0 Å². The Morgan fingerprint density at radius 2 is 0.532 bits per heavy atom. The van der Waals surface area contributed by atoms with Gasteiger partial charge in [-0.2, -0.15) is 0 Å². The molecule has 1 heterocycles. The normalized spacial score (nSPS) is 11.6. The van der Waals surface area contributed by atoms with Crippen LogP contribution >= 0.6 is 11.6 Å². The lowest BCUT2D eigenvalue weighted by molar-refractivity contribution is 1.41. The zero-order chi connectivity index (χ0) is 52.4. The summed E-state index contributed by atoms with van der Waals surface area (Å²) in [5.74, 6) is 0. The number of aromatic nitrogens is 1. The van der Waals surface area contributed by atoms with Crippen molar-refractivity contribution >= 4 is 130 Å². The van der Waals surface area contributed by atoms with Crippen LogP contribution < -0.4 is 0 Å². The number of hydrogen-bond acceptors (Lipinski definition) is 1. The molecular weight excluding hydrogens is 974 g/mol. The van der Waals surface area contributed by atoms with Gasteiger partial charge in [0.2, 0.25) is 0 Å². The predicted octanol–water partition coefficient (Wildman–Crippen LogP) is 22.2. The number of benzene rings is 16. The summed E-state index contributed by atoms with van der Waals surface area (Å²) in [5, 5.41) is 27.6. The van der Waals surface area contributed by atoms with Crippen molar-refractivity contribution in [1.82, 2.24) is 4.98 Å². The Labute approximate surface area is 462 Å². The Bertz CT molecular complexity index is 5140. The van der Waals surface area contributed by atoms with Gasteiger partial charge < -0.3 is 0 Å². The van der Waals surface area contributed by atoms with E-state index in [1.54, 1.807) is 0 Å². The van der Waals surface area contributed by atoms with Crippen molar-refractivity contribution in [2.24, 2.45) is 0 Å². The minimum Gasteiger partial charge on any atom is -0.256 e. The maximum atomic E-state index is 7.04. The van der Waals surface area contributed by atoms with Crippen molar-refractivity contribution in [2.45, 2.75) is 0 Å². The average molecular weight is 1020 g/mol. The van der Waals surface area contributed by atoms with Gasteiger partial charge in [-0.25, -0.2) is 0 Å². The van der Waals surface area contributed by atoms with E-state index in [0.29, 0.717) is 0 Å². The number of pyridine rings is 1. The Morgan fingerprint density at radius 3 is 1.11 bits per heavy atom. The molecule has 0 saturated carbocycles. The third-order valence-electron chi connectivity index (χ3n) is 16.2. The first kappa shape index (κ1) is 46.4. The minimum absolute atomic E-state index is 0.776. The van der Waals surface area contributed by atoms with Gasteiger partial charge in [0.15, 0.2) is 0 Å². The number of nitrogens with zero attached hydrogens (tertiary/aromatic N) is 1. The quantitative estimate of drug-likeness (QED) is 0.127. The van der Waals surface area contributed by atoms with Crippen molar-refractivity contribution in [1.29, 1.82) is 0 Å². The molecule has 1 aromatic heterocycles. The highest BCUT2D eigenvalue weighted by atomic mass is 35.5. The first-order chi connectivity index (χ1) is 39.2. The van der Waals surface area contributed by atoms with E-state index in [4.69, 9.17) is 11.6 Å². The number of halogens is 1. The van der Waals surface area contributed by atoms with Crippen LogP contribution in [0.3, 0.4) is 0 Å². The molecule has 0 radical (unpaired) electrons. The molecule has 0 bridgehead atoms. The molecule has 0 fully saturated rings. The molecule has 0 aliphatic rings. The van der Waals surface area contributed by atoms with Crippen molar-refractivity contribution in [3.8, 4) is 33.4 Å².